The number of rotatable bonds is 12. The van der Waals surface area contributed by atoms with Gasteiger partial charge in [-0.3, -0.25) is 0 Å². The van der Waals surface area contributed by atoms with Crippen LogP contribution >= 0.6 is 0 Å². The van der Waals surface area contributed by atoms with Gasteiger partial charge in [0, 0.05) is 0 Å². The molecule has 0 amide bonds. The van der Waals surface area contributed by atoms with Crippen LogP contribution in [-0.4, -0.2) is 13.2 Å². The second kappa shape index (κ2) is 11.6. The van der Waals surface area contributed by atoms with Crippen LogP contribution in [0.3, 0.4) is 0 Å². The number of hydrogen-bond acceptors (Lipinski definition) is 2. The number of hydrogen-bond donors (Lipinski definition) is 0. The van der Waals surface area contributed by atoms with Gasteiger partial charge in [0.15, 0.2) is 0 Å². The minimum Gasteiger partial charge on any atom is -0.494 e. The maximum Gasteiger partial charge on any atom is 0.119 e. The third kappa shape index (κ3) is 8.08. The molecule has 1 aromatic rings. The van der Waals surface area contributed by atoms with Gasteiger partial charge in [-0.2, -0.15) is 0 Å². The van der Waals surface area contributed by atoms with Crippen molar-refractivity contribution < 1.29 is 9.47 Å². The summed E-state index contributed by atoms with van der Waals surface area (Å²) in [5.74, 6) is 1.85. The average Bonchev–Trinajstić information content (AvgIpc) is 2.47. The second-order valence-corrected chi connectivity index (χ2v) is 5.23. The molecule has 0 aromatic heterocycles. The second-order valence-electron chi connectivity index (χ2n) is 5.23. The molecule has 1 rings (SSSR count). The van der Waals surface area contributed by atoms with Crippen molar-refractivity contribution in [2.75, 3.05) is 13.2 Å². The Kier molecular flexibility index (Phi) is 9.81. The van der Waals surface area contributed by atoms with Crippen molar-refractivity contribution in [2.45, 2.75) is 65.2 Å². The van der Waals surface area contributed by atoms with Crippen LogP contribution in [-0.2, 0) is 0 Å². The summed E-state index contributed by atoms with van der Waals surface area (Å²) in [5.41, 5.74) is 0. The third-order valence-corrected chi connectivity index (χ3v) is 3.40. The van der Waals surface area contributed by atoms with E-state index >= 15 is 0 Å². The SMILES string of the molecule is CCCCCCCCCCOc1ccc(OCC)cc1. The van der Waals surface area contributed by atoms with E-state index in [1.165, 1.54) is 44.9 Å². The van der Waals surface area contributed by atoms with Crippen LogP contribution in [0, 0.1) is 0 Å². The van der Waals surface area contributed by atoms with E-state index in [2.05, 4.69) is 6.92 Å². The molecule has 0 heterocycles. The lowest BCUT2D eigenvalue weighted by Gasteiger charge is -2.07. The summed E-state index contributed by atoms with van der Waals surface area (Å²) in [6, 6.07) is 7.89. The first kappa shape index (κ1) is 16.9. The molecule has 0 radical (unpaired) electrons. The van der Waals surface area contributed by atoms with Crippen molar-refractivity contribution in [3.63, 3.8) is 0 Å². The van der Waals surface area contributed by atoms with Crippen LogP contribution in [0.2, 0.25) is 0 Å². The maximum absolute atomic E-state index is 5.73. The van der Waals surface area contributed by atoms with E-state index in [0.717, 1.165) is 24.5 Å². The van der Waals surface area contributed by atoms with Gasteiger partial charge < -0.3 is 9.47 Å². The van der Waals surface area contributed by atoms with Crippen molar-refractivity contribution in [3.8, 4) is 11.5 Å². The molecule has 0 bridgehead atoms. The Balaban J connectivity index is 1.98. The lowest BCUT2D eigenvalue weighted by Crippen LogP contribution is -1.97. The molecule has 0 unspecified atom stereocenters. The fraction of sp³-hybridized carbons (Fsp3) is 0.667. The molecule has 0 aliphatic heterocycles. The van der Waals surface area contributed by atoms with E-state index in [4.69, 9.17) is 9.47 Å². The number of ether oxygens (including phenoxy) is 2. The van der Waals surface area contributed by atoms with Gasteiger partial charge in [-0.25, -0.2) is 0 Å². The zero-order chi connectivity index (χ0) is 14.5. The Hall–Kier alpha value is -1.18. The summed E-state index contributed by atoms with van der Waals surface area (Å²) in [6.07, 6.45) is 10.7. The van der Waals surface area contributed by atoms with Gasteiger partial charge in [-0.1, -0.05) is 51.9 Å². The van der Waals surface area contributed by atoms with Gasteiger partial charge in [0.05, 0.1) is 13.2 Å². The topological polar surface area (TPSA) is 18.5 Å². The van der Waals surface area contributed by atoms with Gasteiger partial charge >= 0.3 is 0 Å². The molecule has 114 valence electrons. The third-order valence-electron chi connectivity index (χ3n) is 3.40. The molecule has 0 atom stereocenters. The lowest BCUT2D eigenvalue weighted by molar-refractivity contribution is 0.302. The van der Waals surface area contributed by atoms with Gasteiger partial charge in [0.1, 0.15) is 11.5 Å². The van der Waals surface area contributed by atoms with Crippen LogP contribution in [0.25, 0.3) is 0 Å². The van der Waals surface area contributed by atoms with E-state index in [-0.39, 0.29) is 0 Å². The van der Waals surface area contributed by atoms with E-state index in [1.807, 2.05) is 31.2 Å². The first-order chi connectivity index (χ1) is 9.86. The minimum atomic E-state index is 0.707. The average molecular weight is 278 g/mol. The van der Waals surface area contributed by atoms with Gasteiger partial charge in [0.25, 0.3) is 0 Å². The van der Waals surface area contributed by atoms with Crippen molar-refractivity contribution >= 4 is 0 Å². The first-order valence-electron chi connectivity index (χ1n) is 8.22. The van der Waals surface area contributed by atoms with Gasteiger partial charge in [-0.05, 0) is 37.6 Å². The molecule has 2 nitrogen and oxygen atoms in total. The molecule has 20 heavy (non-hydrogen) atoms. The Morgan fingerprint density at radius 2 is 1.15 bits per heavy atom. The smallest absolute Gasteiger partial charge is 0.119 e. The fourth-order valence-electron chi connectivity index (χ4n) is 2.22. The van der Waals surface area contributed by atoms with Crippen molar-refractivity contribution in [1.29, 1.82) is 0 Å². The Bertz CT molecular complexity index is 319. The normalized spacial score (nSPS) is 10.5. The highest BCUT2D eigenvalue weighted by Gasteiger charge is 1.96. The molecular weight excluding hydrogens is 248 g/mol. The molecule has 2 heteroatoms. The highest BCUT2D eigenvalue weighted by Crippen LogP contribution is 2.18. The summed E-state index contributed by atoms with van der Waals surface area (Å²) in [6.45, 7) is 5.78. The monoisotopic (exact) mass is 278 g/mol. The van der Waals surface area contributed by atoms with E-state index < -0.39 is 0 Å². The number of benzene rings is 1. The summed E-state index contributed by atoms with van der Waals surface area (Å²) in [4.78, 5) is 0. The fourth-order valence-corrected chi connectivity index (χ4v) is 2.22. The summed E-state index contributed by atoms with van der Waals surface area (Å²) >= 11 is 0. The Labute approximate surface area is 124 Å². The predicted molar refractivity (Wildman–Crippen MR) is 85.7 cm³/mol. The van der Waals surface area contributed by atoms with Crippen LogP contribution < -0.4 is 9.47 Å². The van der Waals surface area contributed by atoms with Crippen LogP contribution in [0.4, 0.5) is 0 Å². The van der Waals surface area contributed by atoms with E-state index in [9.17, 15) is 0 Å². The molecule has 0 N–H and O–H groups in total. The van der Waals surface area contributed by atoms with Gasteiger partial charge in [-0.15, -0.1) is 0 Å². The Morgan fingerprint density at radius 1 is 0.650 bits per heavy atom. The Morgan fingerprint density at radius 3 is 1.70 bits per heavy atom. The lowest BCUT2D eigenvalue weighted by atomic mass is 10.1. The summed E-state index contributed by atoms with van der Waals surface area (Å²) in [5, 5.41) is 0. The van der Waals surface area contributed by atoms with Crippen molar-refractivity contribution in [2.24, 2.45) is 0 Å². The van der Waals surface area contributed by atoms with Crippen LogP contribution in [0.5, 0.6) is 11.5 Å². The minimum absolute atomic E-state index is 0.707. The van der Waals surface area contributed by atoms with E-state index in [0.29, 0.717) is 6.61 Å². The first-order valence-corrected chi connectivity index (χ1v) is 8.22. The zero-order valence-electron chi connectivity index (χ0n) is 13.2. The number of unbranched alkanes of at least 4 members (excludes halogenated alkanes) is 7. The van der Waals surface area contributed by atoms with Gasteiger partial charge in [0.2, 0.25) is 0 Å². The molecule has 0 saturated carbocycles. The van der Waals surface area contributed by atoms with Crippen LogP contribution in [0.1, 0.15) is 65.2 Å². The van der Waals surface area contributed by atoms with Crippen molar-refractivity contribution in [1.82, 2.24) is 0 Å². The van der Waals surface area contributed by atoms with Crippen LogP contribution in [0.15, 0.2) is 24.3 Å². The predicted octanol–water partition coefficient (Wildman–Crippen LogP) is 5.60. The highest BCUT2D eigenvalue weighted by atomic mass is 16.5. The molecule has 0 saturated heterocycles. The molecule has 0 spiro atoms. The molecule has 0 aliphatic carbocycles. The molecule has 1 aromatic carbocycles. The summed E-state index contributed by atoms with van der Waals surface area (Å²) in [7, 11) is 0. The van der Waals surface area contributed by atoms with E-state index in [1.54, 1.807) is 0 Å². The molecular formula is C18H30O2. The molecule has 0 aliphatic rings. The van der Waals surface area contributed by atoms with Crippen molar-refractivity contribution in [3.05, 3.63) is 24.3 Å². The highest BCUT2D eigenvalue weighted by molar-refractivity contribution is 5.31. The molecule has 0 fully saturated rings. The summed E-state index contributed by atoms with van der Waals surface area (Å²) < 4.78 is 11.1. The zero-order valence-corrected chi connectivity index (χ0v) is 13.2. The quantitative estimate of drug-likeness (QED) is 0.463. The largest absolute Gasteiger partial charge is 0.494 e. The maximum atomic E-state index is 5.73. The standard InChI is InChI=1S/C18H30O2/c1-3-5-6-7-8-9-10-11-16-20-18-14-12-17(13-15-18)19-4-2/h12-15H,3-11,16H2,1-2H3.